The molecule has 0 heterocycles. The third-order valence-electron chi connectivity index (χ3n) is 2.51. The first-order valence-electron chi connectivity index (χ1n) is 5.31. The number of aromatic hydroxyl groups is 1. The number of phenols is 1. The second-order valence-corrected chi connectivity index (χ2v) is 4.80. The molecule has 3 nitrogen and oxygen atoms in total. The number of halogens is 1. The summed E-state index contributed by atoms with van der Waals surface area (Å²) in [7, 11) is 0. The van der Waals surface area contributed by atoms with Gasteiger partial charge in [0.05, 0.1) is 5.56 Å². The highest BCUT2D eigenvalue weighted by Gasteiger charge is 2.11. The molecule has 0 aromatic heterocycles. The molecule has 0 spiro atoms. The van der Waals surface area contributed by atoms with Crippen molar-refractivity contribution in [3.63, 3.8) is 0 Å². The summed E-state index contributed by atoms with van der Waals surface area (Å²) in [6.07, 6.45) is 1.02. The van der Waals surface area contributed by atoms with Crippen molar-refractivity contribution in [3.05, 3.63) is 28.2 Å². The maximum Gasteiger partial charge on any atom is 0.255 e. The number of phenolic OH excluding ortho intramolecular Hbond substituents is 1. The molecule has 1 unspecified atom stereocenters. The maximum absolute atomic E-state index is 11.7. The van der Waals surface area contributed by atoms with Crippen LogP contribution in [-0.4, -0.2) is 17.6 Å². The highest BCUT2D eigenvalue weighted by atomic mass is 79.9. The smallest absolute Gasteiger partial charge is 0.255 e. The van der Waals surface area contributed by atoms with E-state index in [1.165, 1.54) is 6.07 Å². The van der Waals surface area contributed by atoms with Crippen LogP contribution in [0.25, 0.3) is 0 Å². The molecule has 0 radical (unpaired) electrons. The van der Waals surface area contributed by atoms with Gasteiger partial charge in [-0.15, -0.1) is 0 Å². The van der Waals surface area contributed by atoms with Crippen molar-refractivity contribution in [2.75, 3.05) is 6.54 Å². The molecule has 0 aliphatic carbocycles. The summed E-state index contributed by atoms with van der Waals surface area (Å²) in [5.74, 6) is 0.211. The fourth-order valence-electron chi connectivity index (χ4n) is 1.20. The zero-order valence-corrected chi connectivity index (χ0v) is 11.0. The summed E-state index contributed by atoms with van der Waals surface area (Å²) in [5, 5.41) is 12.4. The van der Waals surface area contributed by atoms with Crippen LogP contribution in [0.1, 0.15) is 30.6 Å². The van der Waals surface area contributed by atoms with Gasteiger partial charge in [-0.2, -0.15) is 0 Å². The molecule has 1 atom stereocenters. The molecule has 4 heteroatoms. The number of hydrogen-bond acceptors (Lipinski definition) is 2. The standard InChI is InChI=1S/C12H16BrNO2/c1-3-8(2)7-14-12(16)10-5-4-9(13)6-11(10)15/h4-6,8,15H,3,7H2,1-2H3,(H,14,16). The SMILES string of the molecule is CCC(C)CNC(=O)c1ccc(Br)cc1O. The first-order chi connectivity index (χ1) is 7.54. The van der Waals surface area contributed by atoms with Crippen molar-refractivity contribution in [1.82, 2.24) is 5.32 Å². The molecule has 0 saturated carbocycles. The van der Waals surface area contributed by atoms with Crippen molar-refractivity contribution < 1.29 is 9.90 Å². The average Bonchev–Trinajstić information content (AvgIpc) is 2.25. The molecular formula is C12H16BrNO2. The summed E-state index contributed by atoms with van der Waals surface area (Å²) in [5.41, 5.74) is 0.312. The molecule has 1 rings (SSSR count). The fraction of sp³-hybridized carbons (Fsp3) is 0.417. The molecular weight excluding hydrogens is 270 g/mol. The summed E-state index contributed by atoms with van der Waals surface area (Å²) in [6, 6.07) is 4.85. The van der Waals surface area contributed by atoms with Crippen LogP contribution in [0, 0.1) is 5.92 Å². The summed E-state index contributed by atoms with van der Waals surface area (Å²) >= 11 is 3.23. The van der Waals surface area contributed by atoms with E-state index in [2.05, 4.69) is 35.1 Å². The van der Waals surface area contributed by atoms with Crippen LogP contribution in [0.4, 0.5) is 0 Å². The molecule has 16 heavy (non-hydrogen) atoms. The number of hydrogen-bond donors (Lipinski definition) is 2. The quantitative estimate of drug-likeness (QED) is 0.894. The lowest BCUT2D eigenvalue weighted by Gasteiger charge is -2.10. The third-order valence-corrected chi connectivity index (χ3v) is 3.01. The normalized spacial score (nSPS) is 12.2. The highest BCUT2D eigenvalue weighted by Crippen LogP contribution is 2.22. The molecule has 1 aromatic carbocycles. The second-order valence-electron chi connectivity index (χ2n) is 3.88. The van der Waals surface area contributed by atoms with Gasteiger partial charge in [-0.05, 0) is 24.1 Å². The van der Waals surface area contributed by atoms with Gasteiger partial charge in [0.1, 0.15) is 5.75 Å². The molecule has 0 fully saturated rings. The fourth-order valence-corrected chi connectivity index (χ4v) is 1.55. The van der Waals surface area contributed by atoms with Crippen LogP contribution in [0.3, 0.4) is 0 Å². The number of carbonyl (C=O) groups excluding carboxylic acids is 1. The van der Waals surface area contributed by atoms with Crippen molar-refractivity contribution in [2.24, 2.45) is 5.92 Å². The molecule has 2 N–H and O–H groups in total. The van der Waals surface area contributed by atoms with Gasteiger partial charge in [-0.25, -0.2) is 0 Å². The third kappa shape index (κ3) is 3.52. The van der Waals surface area contributed by atoms with E-state index >= 15 is 0 Å². The van der Waals surface area contributed by atoms with Gasteiger partial charge in [0.25, 0.3) is 5.91 Å². The van der Waals surface area contributed by atoms with Crippen LogP contribution >= 0.6 is 15.9 Å². The van der Waals surface area contributed by atoms with E-state index in [0.717, 1.165) is 10.9 Å². The predicted octanol–water partition coefficient (Wildman–Crippen LogP) is 2.93. The van der Waals surface area contributed by atoms with Crippen LogP contribution in [0.2, 0.25) is 0 Å². The molecule has 0 saturated heterocycles. The Labute approximate surface area is 104 Å². The van der Waals surface area contributed by atoms with E-state index < -0.39 is 0 Å². The van der Waals surface area contributed by atoms with Gasteiger partial charge in [-0.3, -0.25) is 4.79 Å². The van der Waals surface area contributed by atoms with Gasteiger partial charge in [0.2, 0.25) is 0 Å². The average molecular weight is 286 g/mol. The lowest BCUT2D eigenvalue weighted by molar-refractivity contribution is 0.0945. The summed E-state index contributed by atoms with van der Waals surface area (Å²) in [4.78, 5) is 11.7. The molecule has 1 amide bonds. The van der Waals surface area contributed by atoms with Crippen LogP contribution in [0.5, 0.6) is 5.75 Å². The van der Waals surface area contributed by atoms with Crippen LogP contribution < -0.4 is 5.32 Å². The molecule has 88 valence electrons. The van der Waals surface area contributed by atoms with Crippen LogP contribution in [0.15, 0.2) is 22.7 Å². The topological polar surface area (TPSA) is 49.3 Å². The van der Waals surface area contributed by atoms with E-state index in [0.29, 0.717) is 18.0 Å². The van der Waals surface area contributed by atoms with Gasteiger partial charge in [0, 0.05) is 11.0 Å². The van der Waals surface area contributed by atoms with E-state index in [4.69, 9.17) is 0 Å². The van der Waals surface area contributed by atoms with Gasteiger partial charge in [-0.1, -0.05) is 36.2 Å². The first-order valence-corrected chi connectivity index (χ1v) is 6.10. The number of benzene rings is 1. The first kappa shape index (κ1) is 13.0. The number of rotatable bonds is 4. The lowest BCUT2D eigenvalue weighted by atomic mass is 10.1. The van der Waals surface area contributed by atoms with Crippen LogP contribution in [-0.2, 0) is 0 Å². The van der Waals surface area contributed by atoms with Crippen molar-refractivity contribution in [3.8, 4) is 5.75 Å². The Hall–Kier alpha value is -1.03. The van der Waals surface area contributed by atoms with Crippen molar-refractivity contribution in [1.29, 1.82) is 0 Å². The van der Waals surface area contributed by atoms with Crippen molar-refractivity contribution >= 4 is 21.8 Å². The zero-order valence-electron chi connectivity index (χ0n) is 9.46. The minimum absolute atomic E-state index is 0.00368. The maximum atomic E-state index is 11.7. The second kappa shape index (κ2) is 5.89. The number of amides is 1. The molecule has 0 aliphatic rings. The Kier molecular flexibility index (Phi) is 4.80. The van der Waals surface area contributed by atoms with Gasteiger partial charge in [0.15, 0.2) is 0 Å². The number of nitrogens with one attached hydrogen (secondary N) is 1. The number of carbonyl (C=O) groups is 1. The van der Waals surface area contributed by atoms with E-state index in [1.54, 1.807) is 12.1 Å². The van der Waals surface area contributed by atoms with E-state index in [-0.39, 0.29) is 11.7 Å². The molecule has 0 aliphatic heterocycles. The van der Waals surface area contributed by atoms with E-state index in [9.17, 15) is 9.90 Å². The van der Waals surface area contributed by atoms with E-state index in [1.807, 2.05) is 0 Å². The Bertz CT molecular complexity index is 379. The van der Waals surface area contributed by atoms with Gasteiger partial charge < -0.3 is 10.4 Å². The monoisotopic (exact) mass is 285 g/mol. The molecule has 0 bridgehead atoms. The summed E-state index contributed by atoms with van der Waals surface area (Å²) in [6.45, 7) is 4.78. The Morgan fingerprint density at radius 2 is 2.25 bits per heavy atom. The minimum Gasteiger partial charge on any atom is -0.507 e. The zero-order chi connectivity index (χ0) is 12.1. The van der Waals surface area contributed by atoms with Crippen molar-refractivity contribution in [2.45, 2.75) is 20.3 Å². The highest BCUT2D eigenvalue weighted by molar-refractivity contribution is 9.10. The molecule has 1 aromatic rings. The lowest BCUT2D eigenvalue weighted by Crippen LogP contribution is -2.28. The summed E-state index contributed by atoms with van der Waals surface area (Å²) < 4.78 is 0.753. The predicted molar refractivity (Wildman–Crippen MR) is 67.6 cm³/mol. The Morgan fingerprint density at radius 3 is 2.81 bits per heavy atom. The largest absolute Gasteiger partial charge is 0.507 e. The Morgan fingerprint density at radius 1 is 1.56 bits per heavy atom. The van der Waals surface area contributed by atoms with Gasteiger partial charge >= 0.3 is 0 Å². The minimum atomic E-state index is -0.231. The Balaban J connectivity index is 2.66.